The van der Waals surface area contributed by atoms with E-state index >= 15 is 0 Å². The van der Waals surface area contributed by atoms with Crippen LogP contribution >= 0.6 is 0 Å². The van der Waals surface area contributed by atoms with E-state index in [4.69, 9.17) is 13.9 Å². The Kier molecular flexibility index (Phi) is 3.93. The van der Waals surface area contributed by atoms with E-state index in [1.807, 2.05) is 0 Å². The predicted octanol–water partition coefficient (Wildman–Crippen LogP) is 1.78. The summed E-state index contributed by atoms with van der Waals surface area (Å²) in [6.07, 6.45) is 3.17. The summed E-state index contributed by atoms with van der Waals surface area (Å²) in [6, 6.07) is 3.42. The van der Waals surface area contributed by atoms with Gasteiger partial charge in [-0.25, -0.2) is 9.97 Å². The molecule has 2 aliphatic heterocycles. The fraction of sp³-hybridized carbons (Fsp3) is 0.471. The van der Waals surface area contributed by atoms with Gasteiger partial charge < -0.3 is 18.8 Å². The molecule has 2 aliphatic rings. The number of carbonyl (C=O) groups excluding carboxylic acids is 1. The zero-order chi connectivity index (χ0) is 16.5. The van der Waals surface area contributed by atoms with Crippen molar-refractivity contribution < 1.29 is 18.7 Å². The van der Waals surface area contributed by atoms with Crippen molar-refractivity contribution in [1.82, 2.24) is 14.9 Å². The summed E-state index contributed by atoms with van der Waals surface area (Å²) in [4.78, 5) is 23.1. The Hall–Kier alpha value is -2.41. The van der Waals surface area contributed by atoms with Crippen molar-refractivity contribution in [3.05, 3.63) is 41.2 Å². The zero-order valence-corrected chi connectivity index (χ0v) is 13.5. The van der Waals surface area contributed by atoms with E-state index in [0.29, 0.717) is 37.6 Å². The number of nitrogens with zero attached hydrogens (tertiary/aromatic N) is 3. The summed E-state index contributed by atoms with van der Waals surface area (Å²) >= 11 is 0. The standard InChI is InChI=1S/C17H19N3O4/c1-22-15-3-2-11(8-18-15)17(21)20-6-4-14-13(9-20)19-16(24-14)12-5-7-23-10-12/h2-3,8,12H,4-7,9-10H2,1H3. The minimum Gasteiger partial charge on any atom is -0.481 e. The smallest absolute Gasteiger partial charge is 0.255 e. The van der Waals surface area contributed by atoms with Crippen LogP contribution in [0.25, 0.3) is 0 Å². The Labute approximate surface area is 139 Å². The van der Waals surface area contributed by atoms with E-state index in [9.17, 15) is 4.79 Å². The van der Waals surface area contributed by atoms with Gasteiger partial charge in [0.15, 0.2) is 5.89 Å². The summed E-state index contributed by atoms with van der Waals surface area (Å²) in [7, 11) is 1.55. The topological polar surface area (TPSA) is 77.7 Å². The van der Waals surface area contributed by atoms with Crippen molar-refractivity contribution in [2.24, 2.45) is 0 Å². The molecule has 1 fully saturated rings. The van der Waals surface area contributed by atoms with Gasteiger partial charge in [0.1, 0.15) is 11.5 Å². The van der Waals surface area contributed by atoms with Gasteiger partial charge in [-0.3, -0.25) is 4.79 Å². The number of hydrogen-bond acceptors (Lipinski definition) is 6. The molecular weight excluding hydrogens is 310 g/mol. The Morgan fingerprint density at radius 3 is 3.04 bits per heavy atom. The van der Waals surface area contributed by atoms with Crippen LogP contribution in [0.5, 0.6) is 5.88 Å². The normalized spacial score (nSPS) is 20.0. The highest BCUT2D eigenvalue weighted by molar-refractivity contribution is 5.94. The van der Waals surface area contributed by atoms with Gasteiger partial charge in [0, 0.05) is 31.8 Å². The lowest BCUT2D eigenvalue weighted by Crippen LogP contribution is -2.35. The van der Waals surface area contributed by atoms with Gasteiger partial charge in [0.05, 0.1) is 31.7 Å². The number of hydrogen-bond donors (Lipinski definition) is 0. The number of methoxy groups -OCH3 is 1. The van der Waals surface area contributed by atoms with E-state index in [2.05, 4.69) is 9.97 Å². The Bertz CT molecular complexity index is 735. The van der Waals surface area contributed by atoms with Gasteiger partial charge in [-0.1, -0.05) is 0 Å². The van der Waals surface area contributed by atoms with Crippen LogP contribution in [0.1, 0.15) is 40.0 Å². The van der Waals surface area contributed by atoms with E-state index < -0.39 is 0 Å². The summed E-state index contributed by atoms with van der Waals surface area (Å²) in [5, 5.41) is 0. The summed E-state index contributed by atoms with van der Waals surface area (Å²) in [5.41, 5.74) is 1.41. The first-order chi connectivity index (χ1) is 11.7. The zero-order valence-electron chi connectivity index (χ0n) is 13.5. The lowest BCUT2D eigenvalue weighted by atomic mass is 10.1. The second-order valence-corrected chi connectivity index (χ2v) is 6.05. The van der Waals surface area contributed by atoms with Gasteiger partial charge >= 0.3 is 0 Å². The van der Waals surface area contributed by atoms with E-state index in [0.717, 1.165) is 30.4 Å². The Balaban J connectivity index is 1.49. The molecule has 1 atom stereocenters. The third kappa shape index (κ3) is 2.75. The molecule has 0 spiro atoms. The molecule has 0 aromatic carbocycles. The first-order valence-corrected chi connectivity index (χ1v) is 8.10. The van der Waals surface area contributed by atoms with Crippen molar-refractivity contribution >= 4 is 5.91 Å². The maximum absolute atomic E-state index is 12.6. The maximum atomic E-state index is 12.6. The first kappa shape index (κ1) is 15.1. The summed E-state index contributed by atoms with van der Waals surface area (Å²) < 4.78 is 16.3. The van der Waals surface area contributed by atoms with Gasteiger partial charge in [-0.05, 0) is 12.5 Å². The number of oxazole rings is 1. The number of aromatic nitrogens is 2. The maximum Gasteiger partial charge on any atom is 0.255 e. The molecule has 0 bridgehead atoms. The highest BCUT2D eigenvalue weighted by Crippen LogP contribution is 2.29. The summed E-state index contributed by atoms with van der Waals surface area (Å²) in [5.74, 6) is 2.33. The molecule has 2 aromatic heterocycles. The fourth-order valence-electron chi connectivity index (χ4n) is 3.11. The van der Waals surface area contributed by atoms with Gasteiger partial charge in [0.2, 0.25) is 5.88 Å². The molecule has 4 heterocycles. The number of pyridine rings is 1. The van der Waals surface area contributed by atoms with Crippen molar-refractivity contribution in [3.8, 4) is 5.88 Å². The van der Waals surface area contributed by atoms with Crippen LogP contribution in [-0.2, 0) is 17.7 Å². The van der Waals surface area contributed by atoms with Crippen LogP contribution in [0.3, 0.4) is 0 Å². The summed E-state index contributed by atoms with van der Waals surface area (Å²) in [6.45, 7) is 2.51. The average molecular weight is 329 g/mol. The molecule has 1 amide bonds. The van der Waals surface area contributed by atoms with Crippen LogP contribution in [-0.4, -0.2) is 47.6 Å². The minimum atomic E-state index is -0.0513. The molecule has 4 rings (SSSR count). The van der Waals surface area contributed by atoms with Crippen molar-refractivity contribution in [1.29, 1.82) is 0 Å². The molecule has 1 unspecified atom stereocenters. The second kappa shape index (κ2) is 6.24. The Morgan fingerprint density at radius 2 is 2.33 bits per heavy atom. The van der Waals surface area contributed by atoms with Crippen LogP contribution < -0.4 is 4.74 Å². The number of carbonyl (C=O) groups is 1. The largest absolute Gasteiger partial charge is 0.481 e. The first-order valence-electron chi connectivity index (χ1n) is 8.10. The quantitative estimate of drug-likeness (QED) is 0.854. The van der Waals surface area contributed by atoms with Crippen molar-refractivity contribution in [3.63, 3.8) is 0 Å². The van der Waals surface area contributed by atoms with E-state index in [-0.39, 0.29) is 11.8 Å². The molecule has 0 N–H and O–H groups in total. The van der Waals surface area contributed by atoms with Crippen LogP contribution in [0.15, 0.2) is 22.7 Å². The molecule has 0 radical (unpaired) electrons. The molecular formula is C17H19N3O4. The Morgan fingerprint density at radius 1 is 1.42 bits per heavy atom. The van der Waals surface area contributed by atoms with Gasteiger partial charge in [-0.15, -0.1) is 0 Å². The third-order valence-corrected chi connectivity index (χ3v) is 4.50. The molecule has 7 heteroatoms. The average Bonchev–Trinajstić information content (AvgIpc) is 3.29. The number of fused-ring (bicyclic) bond motifs is 1. The molecule has 24 heavy (non-hydrogen) atoms. The van der Waals surface area contributed by atoms with Crippen LogP contribution in [0.2, 0.25) is 0 Å². The predicted molar refractivity (Wildman–Crippen MR) is 83.9 cm³/mol. The molecule has 0 saturated carbocycles. The van der Waals surface area contributed by atoms with Crippen LogP contribution in [0.4, 0.5) is 0 Å². The molecule has 2 aromatic rings. The van der Waals surface area contributed by atoms with E-state index in [1.165, 1.54) is 0 Å². The SMILES string of the molecule is COc1ccc(C(=O)N2CCc3oc(C4CCOC4)nc3C2)cn1. The van der Waals surface area contributed by atoms with E-state index in [1.54, 1.807) is 30.3 Å². The number of rotatable bonds is 3. The molecule has 126 valence electrons. The highest BCUT2D eigenvalue weighted by atomic mass is 16.5. The molecule has 7 nitrogen and oxygen atoms in total. The lowest BCUT2D eigenvalue weighted by molar-refractivity contribution is 0.0727. The van der Waals surface area contributed by atoms with Crippen molar-refractivity contribution in [2.75, 3.05) is 26.9 Å². The minimum absolute atomic E-state index is 0.0513. The molecule has 1 saturated heterocycles. The van der Waals surface area contributed by atoms with Gasteiger partial charge in [0.25, 0.3) is 5.91 Å². The van der Waals surface area contributed by atoms with Crippen LogP contribution in [0, 0.1) is 0 Å². The fourth-order valence-corrected chi connectivity index (χ4v) is 3.11. The highest BCUT2D eigenvalue weighted by Gasteiger charge is 2.29. The second-order valence-electron chi connectivity index (χ2n) is 6.05. The number of amides is 1. The van der Waals surface area contributed by atoms with Gasteiger partial charge in [-0.2, -0.15) is 0 Å². The third-order valence-electron chi connectivity index (χ3n) is 4.50. The number of ether oxygens (including phenoxy) is 2. The molecule has 0 aliphatic carbocycles. The lowest BCUT2D eigenvalue weighted by Gasteiger charge is -2.25. The monoisotopic (exact) mass is 329 g/mol. The van der Waals surface area contributed by atoms with Crippen molar-refractivity contribution in [2.45, 2.75) is 25.3 Å².